The smallest absolute Gasteiger partial charge is 0.204 e. The third kappa shape index (κ3) is 1.38. The molecule has 0 aliphatic rings. The Hall–Kier alpha value is -1.85. The van der Waals surface area contributed by atoms with Gasteiger partial charge in [0.1, 0.15) is 13.6 Å². The van der Waals surface area contributed by atoms with Gasteiger partial charge in [0, 0.05) is 5.56 Å². The molecule has 2 aromatic rings. The highest BCUT2D eigenvalue weighted by Crippen LogP contribution is 2.14. The summed E-state index contributed by atoms with van der Waals surface area (Å²) in [5.41, 5.74) is 1.01. The molecule has 0 amide bonds. The molecule has 0 saturated carbocycles. The van der Waals surface area contributed by atoms with Crippen LogP contribution in [0.5, 0.6) is 5.75 Å². The van der Waals surface area contributed by atoms with Gasteiger partial charge in [0.15, 0.2) is 0 Å². The fourth-order valence-electron chi connectivity index (χ4n) is 0.978. The van der Waals surface area contributed by atoms with Crippen LogP contribution in [-0.2, 0) is 0 Å². The number of H-pyrrole nitrogens is 1. The number of tetrazole rings is 1. The number of nitrogens with zero attached hydrogens (tertiary/aromatic N) is 3. The van der Waals surface area contributed by atoms with Crippen LogP contribution in [0.25, 0.3) is 11.4 Å². The first-order valence-corrected chi connectivity index (χ1v) is 3.59. The zero-order chi connectivity index (χ0) is 9.26. The molecule has 0 aliphatic carbocycles. The standard InChI is InChI=1S/C7H5BN4O/c8-5-3-4(1-2-6(5)13)7-9-11-12-10-7/h1-3,13H,(H,9,10,11,12). The van der Waals surface area contributed by atoms with E-state index in [0.717, 1.165) is 0 Å². The first-order valence-electron chi connectivity index (χ1n) is 3.59. The maximum absolute atomic E-state index is 9.15. The normalized spacial score (nSPS) is 10.2. The topological polar surface area (TPSA) is 74.7 Å². The number of aromatic hydroxyl groups is 1. The third-order valence-corrected chi connectivity index (χ3v) is 1.63. The highest BCUT2D eigenvalue weighted by molar-refractivity contribution is 6.34. The molecule has 0 aliphatic heterocycles. The summed E-state index contributed by atoms with van der Waals surface area (Å²) in [7, 11) is 5.49. The molecule has 5 nitrogen and oxygen atoms in total. The fourth-order valence-corrected chi connectivity index (χ4v) is 0.978. The highest BCUT2D eigenvalue weighted by Gasteiger charge is 2.03. The number of aromatic amines is 1. The molecular weight excluding hydrogens is 167 g/mol. The average molecular weight is 172 g/mol. The van der Waals surface area contributed by atoms with Crippen molar-refractivity contribution in [1.82, 2.24) is 20.6 Å². The molecule has 1 aromatic heterocycles. The fraction of sp³-hybridized carbons (Fsp3) is 0. The average Bonchev–Trinajstić information content (AvgIpc) is 2.62. The largest absolute Gasteiger partial charge is 0.509 e. The Kier molecular flexibility index (Phi) is 1.73. The van der Waals surface area contributed by atoms with Crippen LogP contribution in [0.4, 0.5) is 0 Å². The van der Waals surface area contributed by atoms with Crippen molar-refractivity contribution < 1.29 is 5.11 Å². The Morgan fingerprint density at radius 2 is 2.23 bits per heavy atom. The first kappa shape index (κ1) is 7.79. The minimum absolute atomic E-state index is 0.0484. The zero-order valence-electron chi connectivity index (χ0n) is 6.60. The van der Waals surface area contributed by atoms with Gasteiger partial charge in [-0.1, -0.05) is 11.5 Å². The van der Waals surface area contributed by atoms with Crippen LogP contribution in [0.15, 0.2) is 18.2 Å². The number of hydrogen-bond donors (Lipinski definition) is 2. The first-order chi connectivity index (χ1) is 6.27. The lowest BCUT2D eigenvalue weighted by atomic mass is 9.93. The van der Waals surface area contributed by atoms with Crippen molar-refractivity contribution in [3.63, 3.8) is 0 Å². The quantitative estimate of drug-likeness (QED) is 0.561. The van der Waals surface area contributed by atoms with E-state index in [0.29, 0.717) is 16.9 Å². The monoisotopic (exact) mass is 172 g/mol. The van der Waals surface area contributed by atoms with E-state index in [4.69, 9.17) is 13.0 Å². The Balaban J connectivity index is 2.49. The third-order valence-electron chi connectivity index (χ3n) is 1.63. The van der Waals surface area contributed by atoms with E-state index in [-0.39, 0.29) is 5.75 Å². The van der Waals surface area contributed by atoms with Crippen molar-refractivity contribution in [1.29, 1.82) is 0 Å². The van der Waals surface area contributed by atoms with Crippen molar-refractivity contribution >= 4 is 13.3 Å². The summed E-state index contributed by atoms with van der Waals surface area (Å²) in [6.07, 6.45) is 0. The molecule has 0 bridgehead atoms. The van der Waals surface area contributed by atoms with Gasteiger partial charge in [0.05, 0.1) is 0 Å². The van der Waals surface area contributed by atoms with Gasteiger partial charge in [0.2, 0.25) is 5.82 Å². The molecule has 6 heteroatoms. The second kappa shape index (κ2) is 2.89. The molecule has 2 radical (unpaired) electrons. The Labute approximate surface area is 75.2 Å². The van der Waals surface area contributed by atoms with Crippen LogP contribution < -0.4 is 5.46 Å². The van der Waals surface area contributed by atoms with E-state index in [1.54, 1.807) is 12.1 Å². The van der Waals surface area contributed by atoms with E-state index in [2.05, 4.69) is 20.6 Å². The van der Waals surface area contributed by atoms with Crippen LogP contribution in [0.2, 0.25) is 0 Å². The van der Waals surface area contributed by atoms with Gasteiger partial charge in [-0.05, 0) is 17.3 Å². The maximum Gasteiger partial charge on any atom is 0.204 e. The van der Waals surface area contributed by atoms with Crippen molar-refractivity contribution in [3.8, 4) is 17.1 Å². The zero-order valence-corrected chi connectivity index (χ0v) is 6.60. The number of nitrogens with one attached hydrogen (secondary N) is 1. The molecule has 0 saturated heterocycles. The van der Waals surface area contributed by atoms with Gasteiger partial charge in [0.25, 0.3) is 0 Å². The second-order valence-corrected chi connectivity index (χ2v) is 2.51. The van der Waals surface area contributed by atoms with Crippen LogP contribution in [0.3, 0.4) is 0 Å². The summed E-state index contributed by atoms with van der Waals surface area (Å²) in [6.45, 7) is 0. The van der Waals surface area contributed by atoms with E-state index in [1.807, 2.05) is 0 Å². The minimum Gasteiger partial charge on any atom is -0.509 e. The van der Waals surface area contributed by atoms with Crippen molar-refractivity contribution in [2.24, 2.45) is 0 Å². The SMILES string of the molecule is [B]c1cc(-c2nn[nH]n2)ccc1O. The molecule has 1 heterocycles. The van der Waals surface area contributed by atoms with E-state index >= 15 is 0 Å². The summed E-state index contributed by atoms with van der Waals surface area (Å²) >= 11 is 0. The van der Waals surface area contributed by atoms with Crippen LogP contribution in [0, 0.1) is 0 Å². The predicted octanol–water partition coefficient (Wildman–Crippen LogP) is -0.634. The number of hydrogen-bond acceptors (Lipinski definition) is 4. The van der Waals surface area contributed by atoms with Crippen molar-refractivity contribution in [3.05, 3.63) is 18.2 Å². The second-order valence-electron chi connectivity index (χ2n) is 2.51. The molecule has 0 atom stereocenters. The van der Waals surface area contributed by atoms with Crippen molar-refractivity contribution in [2.45, 2.75) is 0 Å². The molecule has 1 aromatic carbocycles. The summed E-state index contributed by atoms with van der Waals surface area (Å²) in [5, 5.41) is 22.4. The number of aromatic nitrogens is 4. The molecule has 0 spiro atoms. The Morgan fingerprint density at radius 3 is 2.85 bits per heavy atom. The predicted molar refractivity (Wildman–Crippen MR) is 46.7 cm³/mol. The van der Waals surface area contributed by atoms with Crippen LogP contribution >= 0.6 is 0 Å². The lowest BCUT2D eigenvalue weighted by Gasteiger charge is -1.99. The molecule has 0 unspecified atom stereocenters. The van der Waals surface area contributed by atoms with Gasteiger partial charge in [-0.15, -0.1) is 10.2 Å². The van der Waals surface area contributed by atoms with Gasteiger partial charge < -0.3 is 5.11 Å². The summed E-state index contributed by atoms with van der Waals surface area (Å²) in [5.74, 6) is 0.499. The summed E-state index contributed by atoms with van der Waals surface area (Å²) in [6, 6.07) is 4.73. The van der Waals surface area contributed by atoms with E-state index in [1.165, 1.54) is 6.07 Å². The van der Waals surface area contributed by atoms with E-state index in [9.17, 15) is 0 Å². The van der Waals surface area contributed by atoms with Gasteiger partial charge in [-0.3, -0.25) is 0 Å². The lowest BCUT2D eigenvalue weighted by molar-refractivity contribution is 0.479. The van der Waals surface area contributed by atoms with Gasteiger partial charge in [-0.2, -0.15) is 5.21 Å². The minimum atomic E-state index is 0.0484. The van der Waals surface area contributed by atoms with Crippen molar-refractivity contribution in [2.75, 3.05) is 0 Å². The van der Waals surface area contributed by atoms with Crippen LogP contribution in [0.1, 0.15) is 0 Å². The number of rotatable bonds is 1. The Bertz CT molecular complexity index is 414. The number of phenols is 1. The summed E-state index contributed by atoms with van der Waals surface area (Å²) < 4.78 is 0. The van der Waals surface area contributed by atoms with E-state index < -0.39 is 0 Å². The van der Waals surface area contributed by atoms with Gasteiger partial charge >= 0.3 is 0 Å². The van der Waals surface area contributed by atoms with Crippen LogP contribution in [-0.4, -0.2) is 33.6 Å². The molecule has 2 N–H and O–H groups in total. The molecule has 0 fully saturated rings. The van der Waals surface area contributed by atoms with Gasteiger partial charge in [-0.25, -0.2) is 0 Å². The highest BCUT2D eigenvalue weighted by atomic mass is 16.3. The summed E-state index contributed by atoms with van der Waals surface area (Å²) in [4.78, 5) is 0. The molecule has 13 heavy (non-hydrogen) atoms. The maximum atomic E-state index is 9.15. The lowest BCUT2D eigenvalue weighted by Crippen LogP contribution is -2.02. The number of benzene rings is 1. The molecule has 62 valence electrons. The Morgan fingerprint density at radius 1 is 1.38 bits per heavy atom. The molecule has 2 rings (SSSR count). The molecular formula is C7H5BN4O. The number of phenolic OH excluding ortho intramolecular Hbond substituents is 1.